The molecule has 21 heavy (non-hydrogen) atoms. The summed E-state index contributed by atoms with van der Waals surface area (Å²) in [6.07, 6.45) is 0. The fourth-order valence-corrected chi connectivity index (χ4v) is 3.17. The molecule has 1 unspecified atom stereocenters. The second-order valence-electron chi connectivity index (χ2n) is 5.15. The third kappa shape index (κ3) is 3.85. The molecule has 0 heterocycles. The van der Waals surface area contributed by atoms with Gasteiger partial charge in [-0.2, -0.15) is 0 Å². The van der Waals surface area contributed by atoms with E-state index < -0.39 is 0 Å². The molecule has 2 aromatic rings. The normalized spacial score (nSPS) is 12.5. The number of hydrogen-bond acceptors (Lipinski definition) is 1. The maximum atomic E-state index is 13.7. The number of halogens is 3. The van der Waals surface area contributed by atoms with Crippen LogP contribution in [0.4, 0.5) is 4.39 Å². The number of nitrogens with one attached hydrogen (secondary N) is 1. The van der Waals surface area contributed by atoms with Crippen molar-refractivity contribution < 1.29 is 4.39 Å². The molecule has 2 rings (SSSR count). The van der Waals surface area contributed by atoms with E-state index in [0.717, 1.165) is 38.3 Å². The van der Waals surface area contributed by atoms with Crippen LogP contribution in [0.5, 0.6) is 0 Å². The Kier molecular flexibility index (Phi) is 5.42. The molecule has 0 aromatic heterocycles. The molecule has 4 heteroatoms. The van der Waals surface area contributed by atoms with Crippen molar-refractivity contribution in [3.05, 3.63) is 67.9 Å². The molecule has 0 aliphatic carbocycles. The molecule has 0 saturated heterocycles. The maximum Gasteiger partial charge on any atom is 0.124 e. The van der Waals surface area contributed by atoms with Gasteiger partial charge in [0.1, 0.15) is 5.82 Å². The Morgan fingerprint density at radius 3 is 2.48 bits per heavy atom. The molecule has 2 aromatic carbocycles. The molecule has 0 spiro atoms. The Morgan fingerprint density at radius 2 is 1.86 bits per heavy atom. The van der Waals surface area contributed by atoms with Crippen molar-refractivity contribution in [1.82, 2.24) is 5.32 Å². The van der Waals surface area contributed by atoms with Crippen LogP contribution in [0.2, 0.25) is 5.02 Å². The molecule has 112 valence electrons. The highest BCUT2D eigenvalue weighted by Gasteiger charge is 2.17. The van der Waals surface area contributed by atoms with Gasteiger partial charge in [-0.15, -0.1) is 0 Å². The lowest BCUT2D eigenvalue weighted by Gasteiger charge is -2.22. The van der Waals surface area contributed by atoms with Crippen molar-refractivity contribution in [2.75, 3.05) is 6.54 Å². The summed E-state index contributed by atoms with van der Waals surface area (Å²) in [6.45, 7) is 6.84. The van der Waals surface area contributed by atoms with Crippen LogP contribution in [0.1, 0.15) is 35.2 Å². The zero-order valence-electron chi connectivity index (χ0n) is 12.3. The summed E-state index contributed by atoms with van der Waals surface area (Å²) < 4.78 is 14.4. The molecular weight excluding hydrogens is 353 g/mol. The standard InChI is InChI=1S/C17H18BrClFN/c1-4-21-17(12-7-13(18)9-14(20)8-12)15-5-11(3)16(19)6-10(15)2/h5-9,17,21H,4H2,1-3H3. The topological polar surface area (TPSA) is 12.0 Å². The van der Waals surface area contributed by atoms with E-state index in [2.05, 4.69) is 27.3 Å². The highest BCUT2D eigenvalue weighted by Crippen LogP contribution is 2.31. The van der Waals surface area contributed by atoms with Gasteiger partial charge in [0.25, 0.3) is 0 Å². The highest BCUT2D eigenvalue weighted by molar-refractivity contribution is 9.10. The molecular formula is C17H18BrClFN. The lowest BCUT2D eigenvalue weighted by molar-refractivity contribution is 0.600. The lowest BCUT2D eigenvalue weighted by Crippen LogP contribution is -2.23. The summed E-state index contributed by atoms with van der Waals surface area (Å²) in [5.41, 5.74) is 4.14. The molecule has 0 radical (unpaired) electrons. The fraction of sp³-hybridized carbons (Fsp3) is 0.294. The number of hydrogen-bond donors (Lipinski definition) is 1. The largest absolute Gasteiger partial charge is 0.307 e. The van der Waals surface area contributed by atoms with Gasteiger partial charge >= 0.3 is 0 Å². The molecule has 0 saturated carbocycles. The van der Waals surface area contributed by atoms with E-state index in [4.69, 9.17) is 11.6 Å². The van der Waals surface area contributed by atoms with Crippen molar-refractivity contribution in [2.24, 2.45) is 0 Å². The number of aryl methyl sites for hydroxylation is 2. The van der Waals surface area contributed by atoms with Gasteiger partial charge in [-0.3, -0.25) is 0 Å². The molecule has 0 aliphatic heterocycles. The SMILES string of the molecule is CCNC(c1cc(F)cc(Br)c1)c1cc(C)c(Cl)cc1C. The van der Waals surface area contributed by atoms with E-state index in [-0.39, 0.29) is 11.9 Å². The van der Waals surface area contributed by atoms with Gasteiger partial charge in [0.2, 0.25) is 0 Å². The molecule has 0 fully saturated rings. The minimum atomic E-state index is -0.245. The van der Waals surface area contributed by atoms with Gasteiger partial charge in [-0.05, 0) is 66.9 Å². The summed E-state index contributed by atoms with van der Waals surface area (Å²) in [5, 5.41) is 4.18. The molecule has 1 atom stereocenters. The lowest BCUT2D eigenvalue weighted by atomic mass is 9.93. The molecule has 0 bridgehead atoms. The van der Waals surface area contributed by atoms with Gasteiger partial charge in [0, 0.05) is 9.50 Å². The average Bonchev–Trinajstić information content (AvgIpc) is 2.39. The van der Waals surface area contributed by atoms with Crippen LogP contribution in [0.15, 0.2) is 34.8 Å². The van der Waals surface area contributed by atoms with Crippen LogP contribution in [0, 0.1) is 19.7 Å². The van der Waals surface area contributed by atoms with E-state index in [1.807, 2.05) is 32.9 Å². The van der Waals surface area contributed by atoms with Crippen molar-refractivity contribution in [1.29, 1.82) is 0 Å². The number of rotatable bonds is 4. The monoisotopic (exact) mass is 369 g/mol. The van der Waals surface area contributed by atoms with Crippen LogP contribution in [-0.2, 0) is 0 Å². The van der Waals surface area contributed by atoms with E-state index in [9.17, 15) is 4.39 Å². The summed E-state index contributed by atoms with van der Waals surface area (Å²) in [7, 11) is 0. The van der Waals surface area contributed by atoms with E-state index in [1.165, 1.54) is 6.07 Å². The molecule has 1 nitrogen and oxygen atoms in total. The first-order valence-corrected chi connectivity index (χ1v) is 8.05. The van der Waals surface area contributed by atoms with Crippen LogP contribution < -0.4 is 5.32 Å². The van der Waals surface area contributed by atoms with Crippen molar-refractivity contribution >= 4 is 27.5 Å². The minimum Gasteiger partial charge on any atom is -0.307 e. The van der Waals surface area contributed by atoms with Gasteiger partial charge in [0.05, 0.1) is 6.04 Å². The summed E-state index contributed by atoms with van der Waals surface area (Å²) in [5.74, 6) is -0.245. The zero-order valence-corrected chi connectivity index (χ0v) is 14.6. The van der Waals surface area contributed by atoms with E-state index >= 15 is 0 Å². The Morgan fingerprint density at radius 1 is 1.14 bits per heavy atom. The van der Waals surface area contributed by atoms with Gasteiger partial charge in [0.15, 0.2) is 0 Å². The predicted molar refractivity (Wildman–Crippen MR) is 90.5 cm³/mol. The molecule has 0 aliphatic rings. The Bertz CT molecular complexity index is 637. The second-order valence-corrected chi connectivity index (χ2v) is 6.47. The van der Waals surface area contributed by atoms with Crippen LogP contribution in [0.25, 0.3) is 0 Å². The van der Waals surface area contributed by atoms with Gasteiger partial charge < -0.3 is 5.32 Å². The first-order chi connectivity index (χ1) is 9.92. The van der Waals surface area contributed by atoms with Crippen LogP contribution in [0.3, 0.4) is 0 Å². The predicted octanol–water partition coefficient (Wildman–Crippen LogP) is 5.56. The summed E-state index contributed by atoms with van der Waals surface area (Å²) in [6, 6.07) is 8.96. The first kappa shape index (κ1) is 16.5. The van der Waals surface area contributed by atoms with Crippen molar-refractivity contribution in [2.45, 2.75) is 26.8 Å². The Hall–Kier alpha value is -0.900. The molecule has 0 amide bonds. The first-order valence-electron chi connectivity index (χ1n) is 6.88. The third-order valence-corrected chi connectivity index (χ3v) is 4.35. The maximum absolute atomic E-state index is 13.7. The Labute approximate surface area is 138 Å². The quantitative estimate of drug-likeness (QED) is 0.743. The van der Waals surface area contributed by atoms with Gasteiger partial charge in [-0.25, -0.2) is 4.39 Å². The Balaban J connectivity index is 2.55. The summed E-state index contributed by atoms with van der Waals surface area (Å²) in [4.78, 5) is 0. The summed E-state index contributed by atoms with van der Waals surface area (Å²) >= 11 is 9.54. The van der Waals surface area contributed by atoms with Gasteiger partial charge in [-0.1, -0.05) is 40.5 Å². The van der Waals surface area contributed by atoms with E-state index in [0.29, 0.717) is 0 Å². The van der Waals surface area contributed by atoms with Crippen LogP contribution in [-0.4, -0.2) is 6.54 Å². The van der Waals surface area contributed by atoms with Crippen LogP contribution >= 0.6 is 27.5 Å². The third-order valence-electron chi connectivity index (χ3n) is 3.48. The molecule has 1 N–H and O–H groups in total. The number of benzene rings is 2. The van der Waals surface area contributed by atoms with Crippen molar-refractivity contribution in [3.8, 4) is 0 Å². The van der Waals surface area contributed by atoms with Crippen molar-refractivity contribution in [3.63, 3.8) is 0 Å². The second kappa shape index (κ2) is 6.91. The highest BCUT2D eigenvalue weighted by atomic mass is 79.9. The zero-order chi connectivity index (χ0) is 15.6. The smallest absolute Gasteiger partial charge is 0.124 e. The van der Waals surface area contributed by atoms with E-state index in [1.54, 1.807) is 6.07 Å². The minimum absolute atomic E-state index is 0.0574. The average molecular weight is 371 g/mol. The fourth-order valence-electron chi connectivity index (χ4n) is 2.47.